The molecule has 0 spiro atoms. The van der Waals surface area contributed by atoms with Gasteiger partial charge in [0.05, 0.1) is 28.4 Å². The largest absolute Gasteiger partial charge is 0.503 e. The van der Waals surface area contributed by atoms with Gasteiger partial charge in [0, 0.05) is 0 Å². The highest BCUT2D eigenvalue weighted by atomic mass is 32.1. The zero-order valence-electron chi connectivity index (χ0n) is 21.0. The number of fused-ring (bicyclic) bond motifs is 1. The van der Waals surface area contributed by atoms with E-state index in [-0.39, 0.29) is 11.3 Å². The van der Waals surface area contributed by atoms with Crippen molar-refractivity contribution in [3.05, 3.63) is 88.6 Å². The van der Waals surface area contributed by atoms with Gasteiger partial charge in [-0.15, -0.1) is 0 Å². The molecular formula is C29H28N2O5S. The van der Waals surface area contributed by atoms with Crippen molar-refractivity contribution in [3.8, 4) is 5.75 Å². The Morgan fingerprint density at radius 2 is 1.97 bits per heavy atom. The molecule has 1 amide bonds. The van der Waals surface area contributed by atoms with Gasteiger partial charge in [-0.05, 0) is 67.8 Å². The third kappa shape index (κ3) is 4.76. The Morgan fingerprint density at radius 1 is 1.14 bits per heavy atom. The predicted octanol–water partition coefficient (Wildman–Crippen LogP) is 6.86. The van der Waals surface area contributed by atoms with E-state index in [0.29, 0.717) is 28.8 Å². The average Bonchev–Trinajstić information content (AvgIpc) is 3.57. The molecule has 4 aromatic rings. The van der Waals surface area contributed by atoms with Crippen LogP contribution >= 0.6 is 11.3 Å². The van der Waals surface area contributed by atoms with Gasteiger partial charge in [-0.25, -0.2) is 4.98 Å². The molecule has 2 aromatic heterocycles. The molecular weight excluding hydrogens is 488 g/mol. The number of anilines is 1. The number of hydrogen-bond acceptors (Lipinski definition) is 7. The Hall–Kier alpha value is -3.91. The lowest BCUT2D eigenvalue weighted by Crippen LogP contribution is -2.31. The van der Waals surface area contributed by atoms with E-state index in [1.165, 1.54) is 16.2 Å². The van der Waals surface area contributed by atoms with Crippen LogP contribution in [-0.2, 0) is 4.79 Å². The van der Waals surface area contributed by atoms with E-state index in [1.807, 2.05) is 49.4 Å². The maximum atomic E-state index is 13.6. The Labute approximate surface area is 219 Å². The van der Waals surface area contributed by atoms with Crippen LogP contribution in [0.2, 0.25) is 0 Å². The molecule has 0 radical (unpaired) electrons. The molecule has 8 heteroatoms. The third-order valence-electron chi connectivity index (χ3n) is 6.35. The van der Waals surface area contributed by atoms with Gasteiger partial charge in [0.1, 0.15) is 11.5 Å². The number of ketones is 1. The van der Waals surface area contributed by atoms with Crippen molar-refractivity contribution in [1.29, 1.82) is 0 Å². The standard InChI is InChI=1S/C29H28N2O5S/c1-4-5-6-14-35-20-9-7-8-19(16-20)25-24(26(32)22-13-11-18(3)36-22)27(33)28(34)31(25)29-30-21-12-10-17(2)15-23(21)37-29/h7-13,15-16,25,33H,4-6,14H2,1-3H3. The summed E-state index contributed by atoms with van der Waals surface area (Å²) in [6.45, 7) is 6.43. The summed E-state index contributed by atoms with van der Waals surface area (Å²) >= 11 is 1.34. The van der Waals surface area contributed by atoms with Gasteiger partial charge in [-0.3, -0.25) is 14.5 Å². The second kappa shape index (κ2) is 10.2. The topological polar surface area (TPSA) is 92.9 Å². The highest BCUT2D eigenvalue weighted by Crippen LogP contribution is 2.44. The summed E-state index contributed by atoms with van der Waals surface area (Å²) in [5.74, 6) is -0.572. The van der Waals surface area contributed by atoms with Crippen LogP contribution in [0.25, 0.3) is 10.2 Å². The minimum Gasteiger partial charge on any atom is -0.503 e. The molecule has 3 heterocycles. The maximum Gasteiger partial charge on any atom is 0.296 e. The Morgan fingerprint density at radius 3 is 2.73 bits per heavy atom. The van der Waals surface area contributed by atoms with Gasteiger partial charge in [-0.2, -0.15) is 0 Å². The van der Waals surface area contributed by atoms with Gasteiger partial charge in [0.15, 0.2) is 16.7 Å². The number of aryl methyl sites for hydroxylation is 2. The highest BCUT2D eigenvalue weighted by molar-refractivity contribution is 7.22. The number of aliphatic hydroxyl groups excluding tert-OH is 1. The number of unbranched alkanes of at least 4 members (excludes halogenated alkanes) is 2. The molecule has 0 bridgehead atoms. The number of aliphatic hydroxyl groups is 1. The molecule has 0 saturated heterocycles. The molecule has 5 rings (SSSR count). The van der Waals surface area contributed by atoms with E-state index in [1.54, 1.807) is 19.1 Å². The van der Waals surface area contributed by atoms with Gasteiger partial charge >= 0.3 is 0 Å². The smallest absolute Gasteiger partial charge is 0.296 e. The number of carbonyl (C=O) groups is 2. The zero-order valence-corrected chi connectivity index (χ0v) is 21.8. The van der Waals surface area contributed by atoms with Gasteiger partial charge in [0.25, 0.3) is 5.91 Å². The second-order valence-electron chi connectivity index (χ2n) is 9.18. The van der Waals surface area contributed by atoms with Crippen molar-refractivity contribution in [1.82, 2.24) is 4.98 Å². The normalized spacial score (nSPS) is 15.7. The molecule has 37 heavy (non-hydrogen) atoms. The van der Waals surface area contributed by atoms with E-state index in [9.17, 15) is 14.7 Å². The number of rotatable bonds is 9. The number of nitrogens with zero attached hydrogens (tertiary/aromatic N) is 2. The average molecular weight is 517 g/mol. The predicted molar refractivity (Wildman–Crippen MR) is 143 cm³/mol. The van der Waals surface area contributed by atoms with Crippen LogP contribution in [0.1, 0.15) is 59.7 Å². The van der Waals surface area contributed by atoms with E-state index in [2.05, 4.69) is 11.9 Å². The van der Waals surface area contributed by atoms with Crippen molar-refractivity contribution in [3.63, 3.8) is 0 Å². The summed E-state index contributed by atoms with van der Waals surface area (Å²) in [6, 6.07) is 15.5. The van der Waals surface area contributed by atoms with E-state index in [4.69, 9.17) is 9.15 Å². The fourth-order valence-electron chi connectivity index (χ4n) is 4.48. The Balaban J connectivity index is 1.59. The maximum absolute atomic E-state index is 13.6. The zero-order chi connectivity index (χ0) is 26.1. The van der Waals surface area contributed by atoms with Gasteiger partial charge in [-0.1, -0.05) is 49.3 Å². The van der Waals surface area contributed by atoms with Crippen LogP contribution in [0.15, 0.2) is 70.3 Å². The monoisotopic (exact) mass is 516 g/mol. The summed E-state index contributed by atoms with van der Waals surface area (Å²) in [5, 5.41) is 11.4. The minimum absolute atomic E-state index is 0.0436. The lowest BCUT2D eigenvalue weighted by atomic mass is 9.95. The summed E-state index contributed by atoms with van der Waals surface area (Å²) < 4.78 is 12.4. The SMILES string of the molecule is CCCCCOc1cccc(C2C(C(=O)c3ccc(C)o3)=C(O)C(=O)N2c2nc3ccc(C)cc3s2)c1. The van der Waals surface area contributed by atoms with Crippen LogP contribution in [0.3, 0.4) is 0 Å². The van der Waals surface area contributed by atoms with E-state index in [0.717, 1.165) is 35.0 Å². The number of thiazole rings is 1. The summed E-state index contributed by atoms with van der Waals surface area (Å²) in [6.07, 6.45) is 3.09. The Bertz CT molecular complexity index is 1520. The molecule has 1 aliphatic heterocycles. The Kier molecular flexibility index (Phi) is 6.84. The highest BCUT2D eigenvalue weighted by Gasteiger charge is 2.46. The third-order valence-corrected chi connectivity index (χ3v) is 7.36. The van der Waals surface area contributed by atoms with E-state index < -0.39 is 23.5 Å². The summed E-state index contributed by atoms with van der Waals surface area (Å²) in [5.41, 5.74) is 2.40. The quantitative estimate of drug-likeness (QED) is 0.193. The molecule has 0 fully saturated rings. The number of hydrogen-bond donors (Lipinski definition) is 1. The number of ether oxygens (including phenoxy) is 1. The molecule has 7 nitrogen and oxygen atoms in total. The lowest BCUT2D eigenvalue weighted by molar-refractivity contribution is -0.117. The fourth-order valence-corrected chi connectivity index (χ4v) is 5.57. The first-order chi connectivity index (χ1) is 17.9. The first-order valence-electron chi connectivity index (χ1n) is 12.3. The van der Waals surface area contributed by atoms with Crippen LogP contribution in [0.5, 0.6) is 5.75 Å². The summed E-state index contributed by atoms with van der Waals surface area (Å²) in [7, 11) is 0. The number of aromatic nitrogens is 1. The molecule has 1 N–H and O–H groups in total. The van der Waals surface area contributed by atoms with Crippen molar-refractivity contribution < 1.29 is 23.8 Å². The van der Waals surface area contributed by atoms with Crippen molar-refractivity contribution in [2.75, 3.05) is 11.5 Å². The van der Waals surface area contributed by atoms with Crippen molar-refractivity contribution in [2.24, 2.45) is 0 Å². The van der Waals surface area contributed by atoms with E-state index >= 15 is 0 Å². The van der Waals surface area contributed by atoms with Crippen LogP contribution < -0.4 is 9.64 Å². The van der Waals surface area contributed by atoms with Crippen LogP contribution in [-0.4, -0.2) is 28.4 Å². The molecule has 1 atom stereocenters. The number of amides is 1. The van der Waals surface area contributed by atoms with Crippen LogP contribution in [0, 0.1) is 13.8 Å². The molecule has 1 aliphatic rings. The van der Waals surface area contributed by atoms with Crippen LogP contribution in [0.4, 0.5) is 5.13 Å². The molecule has 1 unspecified atom stereocenters. The summed E-state index contributed by atoms with van der Waals surface area (Å²) in [4.78, 5) is 33.1. The molecule has 190 valence electrons. The molecule has 0 saturated carbocycles. The fraction of sp³-hybridized carbons (Fsp3) is 0.276. The van der Waals surface area contributed by atoms with Gasteiger partial charge < -0.3 is 14.3 Å². The number of furan rings is 1. The second-order valence-corrected chi connectivity index (χ2v) is 10.2. The first kappa shape index (κ1) is 24.8. The van der Waals surface area contributed by atoms with Crippen molar-refractivity contribution in [2.45, 2.75) is 46.1 Å². The number of carbonyl (C=O) groups excluding carboxylic acids is 2. The lowest BCUT2D eigenvalue weighted by Gasteiger charge is -2.24. The number of Topliss-reactive ketones (excluding diaryl/α,β-unsaturated/α-hetero) is 1. The minimum atomic E-state index is -0.897. The first-order valence-corrected chi connectivity index (χ1v) is 13.2. The van der Waals surface area contributed by atoms with Crippen molar-refractivity contribution >= 4 is 38.4 Å². The van der Waals surface area contributed by atoms with Gasteiger partial charge in [0.2, 0.25) is 5.78 Å². The molecule has 2 aromatic carbocycles. The molecule has 0 aliphatic carbocycles. The number of benzene rings is 2.